The van der Waals surface area contributed by atoms with Gasteiger partial charge in [0, 0.05) is 25.7 Å². The molecular formula is C20H29N5O2S. The second-order valence-corrected chi connectivity index (χ2v) is 9.21. The van der Waals surface area contributed by atoms with Crippen LogP contribution >= 0.6 is 0 Å². The summed E-state index contributed by atoms with van der Waals surface area (Å²) in [5.74, 6) is 0.986. The highest BCUT2D eigenvalue weighted by molar-refractivity contribution is 7.92. The number of hydrogen-bond acceptors (Lipinski definition) is 6. The van der Waals surface area contributed by atoms with Crippen LogP contribution < -0.4 is 9.62 Å². The van der Waals surface area contributed by atoms with Crippen molar-refractivity contribution < 1.29 is 8.42 Å². The van der Waals surface area contributed by atoms with Gasteiger partial charge in [-0.2, -0.15) is 0 Å². The highest BCUT2D eigenvalue weighted by Crippen LogP contribution is 2.20. The van der Waals surface area contributed by atoms with Crippen LogP contribution in [0.4, 0.5) is 11.6 Å². The summed E-state index contributed by atoms with van der Waals surface area (Å²) in [7, 11) is -3.66. The van der Waals surface area contributed by atoms with Gasteiger partial charge in [-0.05, 0) is 37.1 Å². The number of benzene rings is 1. The lowest BCUT2D eigenvalue weighted by molar-refractivity contribution is 0.198. The minimum atomic E-state index is -3.66. The lowest BCUT2D eigenvalue weighted by atomic mass is 10.0. The summed E-state index contributed by atoms with van der Waals surface area (Å²) in [6.07, 6.45) is 3.05. The second kappa shape index (κ2) is 8.45. The molecule has 0 amide bonds. The fourth-order valence-electron chi connectivity index (χ4n) is 3.43. The molecule has 2 heterocycles. The molecule has 1 aromatic heterocycles. The van der Waals surface area contributed by atoms with Crippen molar-refractivity contribution in [1.29, 1.82) is 0 Å². The van der Waals surface area contributed by atoms with Gasteiger partial charge in [-0.1, -0.05) is 32.9 Å². The molecule has 1 aliphatic heterocycles. The van der Waals surface area contributed by atoms with Crippen molar-refractivity contribution in [1.82, 2.24) is 14.9 Å². The zero-order valence-electron chi connectivity index (χ0n) is 17.0. The molecule has 0 spiro atoms. The number of nitrogens with zero attached hydrogens (tertiary/aromatic N) is 4. The van der Waals surface area contributed by atoms with Gasteiger partial charge in [0.15, 0.2) is 0 Å². The highest BCUT2D eigenvalue weighted by atomic mass is 32.2. The zero-order valence-corrected chi connectivity index (χ0v) is 17.8. The molecule has 1 fully saturated rings. The van der Waals surface area contributed by atoms with E-state index in [4.69, 9.17) is 0 Å². The van der Waals surface area contributed by atoms with Gasteiger partial charge in [0.05, 0.1) is 23.0 Å². The topological polar surface area (TPSA) is 78.4 Å². The molecule has 3 rings (SSSR count). The Morgan fingerprint density at radius 2 is 1.79 bits per heavy atom. The van der Waals surface area contributed by atoms with E-state index in [1.54, 1.807) is 12.1 Å². The fourth-order valence-corrected chi connectivity index (χ4v) is 4.46. The van der Waals surface area contributed by atoms with Crippen LogP contribution in [0.2, 0.25) is 0 Å². The zero-order chi connectivity index (χ0) is 20.3. The van der Waals surface area contributed by atoms with Crippen LogP contribution in [-0.2, 0) is 10.0 Å². The Labute approximate surface area is 167 Å². The van der Waals surface area contributed by atoms with E-state index < -0.39 is 10.0 Å². The van der Waals surface area contributed by atoms with Crippen molar-refractivity contribution >= 4 is 21.7 Å². The Hall–Kier alpha value is -2.19. The molecule has 0 saturated carbocycles. The smallest absolute Gasteiger partial charge is 0.261 e. The van der Waals surface area contributed by atoms with Crippen molar-refractivity contribution in [3.8, 4) is 0 Å². The van der Waals surface area contributed by atoms with Gasteiger partial charge < -0.3 is 4.90 Å². The molecule has 0 aliphatic carbocycles. The third-order valence-corrected chi connectivity index (χ3v) is 6.60. The minimum Gasteiger partial charge on any atom is -0.338 e. The molecule has 7 nitrogen and oxygen atoms in total. The predicted molar refractivity (Wildman–Crippen MR) is 112 cm³/mol. The van der Waals surface area contributed by atoms with Gasteiger partial charge in [-0.3, -0.25) is 9.62 Å². The summed E-state index contributed by atoms with van der Waals surface area (Å²) in [6.45, 7) is 12.2. The van der Waals surface area contributed by atoms with E-state index >= 15 is 0 Å². The molecule has 1 aliphatic rings. The number of nitrogens with one attached hydrogen (secondary N) is 1. The van der Waals surface area contributed by atoms with Crippen molar-refractivity contribution in [3.05, 3.63) is 42.2 Å². The molecule has 0 radical (unpaired) electrons. The number of likely N-dealkylation sites (N-methyl/N-ethyl adjacent to an activating group) is 1. The maximum atomic E-state index is 12.6. The quantitative estimate of drug-likeness (QED) is 0.799. The Bertz CT molecular complexity index is 882. The van der Waals surface area contributed by atoms with E-state index in [0.29, 0.717) is 23.6 Å². The number of aromatic nitrogens is 2. The number of anilines is 2. The maximum absolute atomic E-state index is 12.6. The van der Waals surface area contributed by atoms with Gasteiger partial charge >= 0.3 is 0 Å². The van der Waals surface area contributed by atoms with Gasteiger partial charge in [0.2, 0.25) is 5.95 Å². The largest absolute Gasteiger partial charge is 0.338 e. The lowest BCUT2D eigenvalue weighted by Gasteiger charge is -2.39. The second-order valence-electron chi connectivity index (χ2n) is 7.52. The molecule has 1 N–H and O–H groups in total. The predicted octanol–water partition coefficient (Wildman–Crippen LogP) is 2.93. The number of rotatable bonds is 6. The number of sulfonamides is 1. The molecule has 1 aromatic carbocycles. The monoisotopic (exact) mass is 403 g/mol. The van der Waals surface area contributed by atoms with E-state index in [1.165, 1.54) is 12.4 Å². The van der Waals surface area contributed by atoms with Crippen LogP contribution in [0.15, 0.2) is 41.6 Å². The number of hydrogen-bond donors (Lipinski definition) is 1. The molecule has 152 valence electrons. The van der Waals surface area contributed by atoms with E-state index in [9.17, 15) is 8.42 Å². The molecule has 8 heteroatoms. The fraction of sp³-hybridized carbons (Fsp3) is 0.500. The Morgan fingerprint density at radius 1 is 1.14 bits per heavy atom. The molecular weight excluding hydrogens is 374 g/mol. The summed E-state index contributed by atoms with van der Waals surface area (Å²) in [5, 5.41) is 0. The Morgan fingerprint density at radius 3 is 2.32 bits per heavy atom. The van der Waals surface area contributed by atoms with Gasteiger partial charge in [-0.25, -0.2) is 18.4 Å². The van der Waals surface area contributed by atoms with Gasteiger partial charge in [-0.15, -0.1) is 0 Å². The van der Waals surface area contributed by atoms with Crippen LogP contribution in [0.5, 0.6) is 0 Å². The van der Waals surface area contributed by atoms with Crippen LogP contribution in [0.3, 0.4) is 0 Å². The summed E-state index contributed by atoms with van der Waals surface area (Å²) in [6, 6.07) is 7.38. The van der Waals surface area contributed by atoms with Crippen molar-refractivity contribution in [2.24, 2.45) is 0 Å². The third kappa shape index (κ3) is 4.62. The molecule has 1 saturated heterocycles. The molecule has 0 bridgehead atoms. The van der Waals surface area contributed by atoms with Crippen LogP contribution in [0, 0.1) is 0 Å². The average Bonchev–Trinajstić information content (AvgIpc) is 2.68. The molecule has 2 aromatic rings. The highest BCUT2D eigenvalue weighted by Gasteiger charge is 2.24. The van der Waals surface area contributed by atoms with E-state index in [2.05, 4.69) is 52.2 Å². The van der Waals surface area contributed by atoms with Crippen molar-refractivity contribution in [2.75, 3.05) is 35.8 Å². The Balaban J connectivity index is 1.68. The summed E-state index contributed by atoms with van der Waals surface area (Å²) < 4.78 is 27.8. The first-order valence-electron chi connectivity index (χ1n) is 9.74. The van der Waals surface area contributed by atoms with E-state index in [1.807, 2.05) is 12.1 Å². The summed E-state index contributed by atoms with van der Waals surface area (Å²) in [4.78, 5) is 13.5. The first-order chi connectivity index (χ1) is 13.3. The third-order valence-electron chi connectivity index (χ3n) is 5.20. The van der Waals surface area contributed by atoms with E-state index in [-0.39, 0.29) is 4.90 Å². The van der Waals surface area contributed by atoms with Gasteiger partial charge in [0.1, 0.15) is 0 Å². The van der Waals surface area contributed by atoms with Crippen LogP contribution in [0.25, 0.3) is 0 Å². The first-order valence-corrected chi connectivity index (χ1v) is 11.2. The minimum absolute atomic E-state index is 0.227. The van der Waals surface area contributed by atoms with E-state index in [0.717, 1.165) is 31.7 Å². The molecule has 1 unspecified atom stereocenters. The normalized spacial score (nSPS) is 18.5. The first kappa shape index (κ1) is 20.5. The standard InChI is InChI=1S/C20H29N5O2S/c1-5-24-10-11-25(14-16(24)4)20-21-12-18(13-22-20)23-28(26,27)19-8-6-17(7-9-19)15(2)3/h6-9,12-13,15-16,23H,5,10-11,14H2,1-4H3. The average molecular weight is 404 g/mol. The van der Waals surface area contributed by atoms with Crippen LogP contribution in [0.1, 0.15) is 39.2 Å². The van der Waals surface area contributed by atoms with Crippen LogP contribution in [-0.4, -0.2) is 55.5 Å². The summed E-state index contributed by atoms with van der Waals surface area (Å²) >= 11 is 0. The SMILES string of the molecule is CCN1CCN(c2ncc(NS(=O)(=O)c3ccc(C(C)C)cc3)cn2)CC1C. The lowest BCUT2D eigenvalue weighted by Crippen LogP contribution is -2.52. The number of piperazine rings is 1. The summed E-state index contributed by atoms with van der Waals surface area (Å²) in [5.41, 5.74) is 1.46. The van der Waals surface area contributed by atoms with Crippen molar-refractivity contribution in [3.63, 3.8) is 0 Å². The molecule has 1 atom stereocenters. The Kier molecular flexibility index (Phi) is 6.20. The van der Waals surface area contributed by atoms with Gasteiger partial charge in [0.25, 0.3) is 10.0 Å². The maximum Gasteiger partial charge on any atom is 0.261 e. The molecule has 28 heavy (non-hydrogen) atoms. The van der Waals surface area contributed by atoms with Crippen molar-refractivity contribution in [2.45, 2.75) is 44.6 Å².